The van der Waals surface area contributed by atoms with E-state index in [9.17, 15) is 0 Å². The first-order valence-electron chi connectivity index (χ1n) is 6.83. The van der Waals surface area contributed by atoms with Gasteiger partial charge in [0, 0.05) is 6.61 Å². The molecule has 0 saturated carbocycles. The van der Waals surface area contributed by atoms with Crippen LogP contribution in [0.1, 0.15) is 55.4 Å². The number of allylic oxidation sites excluding steroid dienone is 1. The molecule has 0 rings (SSSR count). The molecule has 0 fully saturated rings. The molecule has 114 valence electrons. The second-order valence-electron chi connectivity index (χ2n) is 6.24. The summed E-state index contributed by atoms with van der Waals surface area (Å²) in [6.07, 6.45) is 3.85. The maximum Gasteiger partial charge on any atom is 0.680 e. The largest absolute Gasteiger partial charge is 0.680 e. The monoisotopic (exact) mass is 290 g/mol. The van der Waals surface area contributed by atoms with Crippen LogP contribution in [-0.2, 0) is 17.7 Å². The van der Waals surface area contributed by atoms with Gasteiger partial charge in [0.05, 0.1) is 17.8 Å². The molecule has 0 aliphatic carbocycles. The highest BCUT2D eigenvalue weighted by Gasteiger charge is 2.51. The topological polar surface area (TPSA) is 36.9 Å². The fourth-order valence-electron chi connectivity index (χ4n) is 1.35. The smallest absolute Gasteiger partial charge is 0.351 e. The van der Waals surface area contributed by atoms with E-state index in [1.54, 1.807) is 0 Å². The first kappa shape index (κ1) is 18.8. The van der Waals surface area contributed by atoms with E-state index in [2.05, 4.69) is 0 Å². The van der Waals surface area contributed by atoms with E-state index < -0.39 is 9.05 Å². The predicted molar refractivity (Wildman–Crippen MR) is 79.8 cm³/mol. The quantitative estimate of drug-likeness (QED) is 0.529. The van der Waals surface area contributed by atoms with Crippen molar-refractivity contribution in [2.75, 3.05) is 13.2 Å². The minimum Gasteiger partial charge on any atom is -0.351 e. The predicted octanol–water partition coefficient (Wildman–Crippen LogP) is 3.68. The van der Waals surface area contributed by atoms with Crippen molar-refractivity contribution < 1.29 is 17.7 Å². The van der Waals surface area contributed by atoms with E-state index in [1.165, 1.54) is 0 Å². The van der Waals surface area contributed by atoms with Gasteiger partial charge in [0.25, 0.3) is 0 Å². The van der Waals surface area contributed by atoms with Crippen LogP contribution in [0.2, 0.25) is 0 Å². The van der Waals surface area contributed by atoms with Crippen molar-refractivity contribution in [2.45, 2.75) is 66.6 Å². The van der Waals surface area contributed by atoms with Gasteiger partial charge in [-0.05, 0) is 55.4 Å². The fraction of sp³-hybridized carbons (Fsp3) is 0.857. The Kier molecular flexibility index (Phi) is 7.46. The summed E-state index contributed by atoms with van der Waals surface area (Å²) in [5.41, 5.74) is -0.773. The summed E-state index contributed by atoms with van der Waals surface area (Å²) in [6.45, 7) is 16.6. The van der Waals surface area contributed by atoms with Crippen LogP contribution in [0.4, 0.5) is 0 Å². The third-order valence-corrected chi connectivity index (χ3v) is 4.66. The lowest BCUT2D eigenvalue weighted by Gasteiger charge is -2.37. The lowest BCUT2D eigenvalue weighted by molar-refractivity contribution is -0.104. The molecule has 19 heavy (non-hydrogen) atoms. The minimum absolute atomic E-state index is 0.386. The number of hydrogen-bond acceptors (Lipinski definition) is 4. The molecule has 0 spiro atoms. The van der Waals surface area contributed by atoms with E-state index in [4.69, 9.17) is 17.7 Å². The molecule has 0 aliphatic rings. The molecule has 0 heterocycles. The van der Waals surface area contributed by atoms with Crippen molar-refractivity contribution in [3.8, 4) is 0 Å². The van der Waals surface area contributed by atoms with E-state index in [1.807, 2.05) is 67.5 Å². The molecule has 0 atom stereocenters. The van der Waals surface area contributed by atoms with Crippen LogP contribution in [0.25, 0.3) is 0 Å². The Bertz CT molecular complexity index is 260. The van der Waals surface area contributed by atoms with Gasteiger partial charge >= 0.3 is 9.05 Å². The van der Waals surface area contributed by atoms with Crippen LogP contribution in [0.5, 0.6) is 0 Å². The highest BCUT2D eigenvalue weighted by molar-refractivity contribution is 6.53. The summed E-state index contributed by atoms with van der Waals surface area (Å²) in [7, 11) is -3.15. The summed E-state index contributed by atoms with van der Waals surface area (Å²) in [6, 6.07) is 0. The van der Waals surface area contributed by atoms with Gasteiger partial charge in [-0.15, -0.1) is 0 Å². The van der Waals surface area contributed by atoms with Crippen molar-refractivity contribution >= 4 is 9.05 Å². The van der Waals surface area contributed by atoms with Gasteiger partial charge in [0.15, 0.2) is 0 Å². The van der Waals surface area contributed by atoms with Crippen LogP contribution in [0.15, 0.2) is 12.2 Å². The van der Waals surface area contributed by atoms with Crippen molar-refractivity contribution in [1.82, 2.24) is 0 Å². The molecule has 0 aromatic carbocycles. The van der Waals surface area contributed by atoms with Gasteiger partial charge in [-0.25, -0.2) is 0 Å². The van der Waals surface area contributed by atoms with Crippen molar-refractivity contribution in [3.05, 3.63) is 12.2 Å². The van der Waals surface area contributed by atoms with Gasteiger partial charge in [-0.2, -0.15) is 0 Å². The fourth-order valence-corrected chi connectivity index (χ4v) is 3.87. The molecule has 0 bridgehead atoms. The molecular weight excluding hydrogens is 260 g/mol. The van der Waals surface area contributed by atoms with Crippen LogP contribution in [-0.4, -0.2) is 33.5 Å². The molecule has 0 radical (unpaired) electrons. The molecule has 0 N–H and O–H groups in total. The Morgan fingerprint density at radius 1 is 0.895 bits per heavy atom. The maximum atomic E-state index is 6.03. The normalized spacial score (nSPS) is 14.3. The average Bonchev–Trinajstić information content (AvgIpc) is 2.12. The van der Waals surface area contributed by atoms with Gasteiger partial charge in [0.2, 0.25) is 0 Å². The third-order valence-electron chi connectivity index (χ3n) is 1.78. The SMILES string of the molecule is CC=CCO[Si](OCC)(OC(C)(C)C)OC(C)(C)C. The van der Waals surface area contributed by atoms with Crippen molar-refractivity contribution in [2.24, 2.45) is 0 Å². The highest BCUT2D eigenvalue weighted by Crippen LogP contribution is 2.25. The average molecular weight is 290 g/mol. The molecule has 0 aliphatic heterocycles. The first-order valence-corrected chi connectivity index (χ1v) is 8.46. The first-order chi connectivity index (χ1) is 8.54. The summed E-state index contributed by atoms with van der Waals surface area (Å²) < 4.78 is 23.7. The Balaban J connectivity index is 5.08. The molecule has 4 nitrogen and oxygen atoms in total. The van der Waals surface area contributed by atoms with Gasteiger partial charge < -0.3 is 17.7 Å². The highest BCUT2D eigenvalue weighted by atomic mass is 28.4. The van der Waals surface area contributed by atoms with Crippen LogP contribution in [0.3, 0.4) is 0 Å². The van der Waals surface area contributed by atoms with Crippen LogP contribution >= 0.6 is 0 Å². The number of rotatable bonds is 7. The zero-order valence-electron chi connectivity index (χ0n) is 13.7. The van der Waals surface area contributed by atoms with Crippen LogP contribution < -0.4 is 0 Å². The minimum atomic E-state index is -3.15. The molecule has 0 amide bonds. The second-order valence-corrected chi connectivity index (χ2v) is 8.23. The molecule has 5 heteroatoms. The van der Waals surface area contributed by atoms with E-state index in [0.29, 0.717) is 13.2 Å². The van der Waals surface area contributed by atoms with Crippen molar-refractivity contribution in [3.63, 3.8) is 0 Å². The summed E-state index contributed by atoms with van der Waals surface area (Å²) in [4.78, 5) is 0. The zero-order chi connectivity index (χ0) is 15.2. The lowest BCUT2D eigenvalue weighted by atomic mass is 10.2. The van der Waals surface area contributed by atoms with Gasteiger partial charge in [0.1, 0.15) is 0 Å². The zero-order valence-corrected chi connectivity index (χ0v) is 14.7. The van der Waals surface area contributed by atoms with E-state index in [-0.39, 0.29) is 11.2 Å². The molecular formula is C14H30O4Si. The molecule has 0 unspecified atom stereocenters. The Morgan fingerprint density at radius 3 is 1.68 bits per heavy atom. The Morgan fingerprint density at radius 2 is 1.37 bits per heavy atom. The third kappa shape index (κ3) is 9.35. The molecule has 0 aromatic rings. The second kappa shape index (κ2) is 7.55. The standard InChI is InChI=1S/C14H30O4Si/c1-9-11-12-16-19(15-10-2,17-13(3,4)5)18-14(6,7)8/h9,11H,10,12H2,1-8H3. The van der Waals surface area contributed by atoms with Crippen LogP contribution in [0, 0.1) is 0 Å². The number of hydrogen-bond donors (Lipinski definition) is 0. The summed E-state index contributed by atoms with van der Waals surface area (Å²) >= 11 is 0. The Labute approximate surface area is 119 Å². The van der Waals surface area contributed by atoms with E-state index >= 15 is 0 Å². The van der Waals surface area contributed by atoms with Gasteiger partial charge in [-0.3, -0.25) is 0 Å². The lowest BCUT2D eigenvalue weighted by Crippen LogP contribution is -2.56. The molecule has 0 aromatic heterocycles. The summed E-state index contributed by atoms with van der Waals surface area (Å²) in [5, 5.41) is 0. The Hall–Kier alpha value is -0.203. The molecule has 0 saturated heterocycles. The van der Waals surface area contributed by atoms with E-state index in [0.717, 1.165) is 0 Å². The van der Waals surface area contributed by atoms with Crippen molar-refractivity contribution in [1.29, 1.82) is 0 Å². The maximum absolute atomic E-state index is 6.03. The van der Waals surface area contributed by atoms with Gasteiger partial charge in [-0.1, -0.05) is 12.2 Å². The summed E-state index contributed by atoms with van der Waals surface area (Å²) in [5.74, 6) is 0.